The predicted molar refractivity (Wildman–Crippen MR) is 113 cm³/mol. The van der Waals surface area contributed by atoms with Gasteiger partial charge in [-0.1, -0.05) is 17.7 Å². The summed E-state index contributed by atoms with van der Waals surface area (Å²) in [4.78, 5) is 51.2. The molecule has 1 aromatic rings. The third-order valence-electron chi connectivity index (χ3n) is 6.84. The van der Waals surface area contributed by atoms with E-state index in [-0.39, 0.29) is 51.0 Å². The fourth-order valence-corrected chi connectivity index (χ4v) is 5.90. The number of benzene rings is 1. The van der Waals surface area contributed by atoms with E-state index >= 15 is 0 Å². The fourth-order valence-electron chi connectivity index (χ4n) is 5.46. The number of amides is 2. The number of phenols is 1. The minimum Gasteiger partial charge on any atom is -0.504 e. The van der Waals surface area contributed by atoms with E-state index in [1.807, 2.05) is 6.08 Å². The Bertz CT molecular complexity index is 1210. The number of Topliss-reactive ketones (excluding diaryl/α,β-unsaturated/α-hetero) is 1. The van der Waals surface area contributed by atoms with Gasteiger partial charge in [0.05, 0.1) is 23.4 Å². The van der Waals surface area contributed by atoms with Gasteiger partial charge in [-0.3, -0.25) is 24.4 Å². The van der Waals surface area contributed by atoms with Gasteiger partial charge in [0.15, 0.2) is 23.1 Å². The molecular formula is C23H18BrNO7. The molecule has 2 amide bonds. The molecule has 0 aromatic heterocycles. The number of hydrogen-bond acceptors (Lipinski definition) is 7. The van der Waals surface area contributed by atoms with Gasteiger partial charge >= 0.3 is 0 Å². The molecule has 2 N–H and O–H groups in total. The van der Waals surface area contributed by atoms with Crippen molar-refractivity contribution in [2.45, 2.75) is 18.8 Å². The standard InChI is InChI=1S/C23H18BrNO7/c1-32-17-5-2-9(6-15(17)26)18-10-3-4-11-19(23(30)25(31)22(11)29)12(10)7-13-20(18)16(27)8-14(24)21(13)28/h2-3,5-6,8,11-12,18-19,26,31H,4,7H2,1H3/t11-,12+,18-,19-/m0/s1. The molecule has 164 valence electrons. The highest BCUT2D eigenvalue weighted by molar-refractivity contribution is 9.12. The molecule has 1 aliphatic heterocycles. The number of phenolic OH excluding ortho intramolecular Hbond substituents is 1. The third kappa shape index (κ3) is 2.77. The molecule has 1 fully saturated rings. The largest absolute Gasteiger partial charge is 0.504 e. The number of fused-ring (bicyclic) bond motifs is 3. The van der Waals surface area contributed by atoms with E-state index in [1.54, 1.807) is 12.1 Å². The van der Waals surface area contributed by atoms with E-state index in [0.717, 1.165) is 5.57 Å². The zero-order valence-electron chi connectivity index (χ0n) is 16.9. The van der Waals surface area contributed by atoms with Gasteiger partial charge in [-0.05, 0) is 52.4 Å². The highest BCUT2D eigenvalue weighted by Gasteiger charge is 2.56. The summed E-state index contributed by atoms with van der Waals surface area (Å²) >= 11 is 3.15. The minimum atomic E-state index is -0.816. The average molecular weight is 500 g/mol. The van der Waals surface area contributed by atoms with Crippen LogP contribution < -0.4 is 4.74 Å². The molecule has 1 heterocycles. The van der Waals surface area contributed by atoms with E-state index in [4.69, 9.17) is 4.74 Å². The van der Waals surface area contributed by atoms with Crippen LogP contribution in [0.3, 0.4) is 0 Å². The third-order valence-corrected chi connectivity index (χ3v) is 7.43. The van der Waals surface area contributed by atoms with Crippen molar-refractivity contribution in [3.8, 4) is 11.5 Å². The quantitative estimate of drug-likeness (QED) is 0.277. The fraction of sp³-hybridized carbons (Fsp3) is 0.304. The first kappa shape index (κ1) is 20.8. The van der Waals surface area contributed by atoms with Gasteiger partial charge in [-0.2, -0.15) is 5.06 Å². The van der Waals surface area contributed by atoms with Crippen molar-refractivity contribution in [3.05, 3.63) is 57.1 Å². The number of allylic oxidation sites excluding steroid dienone is 6. The number of carbonyl (C=O) groups is 4. The van der Waals surface area contributed by atoms with Crippen LogP contribution in [0.15, 0.2) is 51.6 Å². The number of ketones is 2. The molecule has 9 heteroatoms. The second kappa shape index (κ2) is 7.25. The molecule has 0 unspecified atom stereocenters. The van der Waals surface area contributed by atoms with Crippen LogP contribution in [0.25, 0.3) is 0 Å². The SMILES string of the molecule is COc1ccc([C@H]2C3=CC[C@@H]4C(=O)N(O)C(=O)[C@@H]4[C@@H]3CC3=C2C(=O)C=C(Br)C3=O)cc1O. The number of nitrogens with zero attached hydrogens (tertiary/aromatic N) is 1. The Morgan fingerprint density at radius 3 is 2.56 bits per heavy atom. The highest BCUT2D eigenvalue weighted by Crippen LogP contribution is 2.55. The van der Waals surface area contributed by atoms with E-state index < -0.39 is 35.5 Å². The molecule has 1 aromatic carbocycles. The summed E-state index contributed by atoms with van der Waals surface area (Å²) in [6.07, 6.45) is 3.42. The van der Waals surface area contributed by atoms with Crippen LogP contribution in [0.4, 0.5) is 0 Å². The molecule has 3 aliphatic carbocycles. The highest BCUT2D eigenvalue weighted by atomic mass is 79.9. The summed E-state index contributed by atoms with van der Waals surface area (Å²) in [5, 5.41) is 20.5. The molecule has 5 rings (SSSR count). The first-order chi connectivity index (χ1) is 15.2. The number of aromatic hydroxyl groups is 1. The molecule has 0 spiro atoms. The van der Waals surface area contributed by atoms with Gasteiger partial charge in [0.25, 0.3) is 11.8 Å². The maximum atomic E-state index is 13.0. The van der Waals surface area contributed by atoms with E-state index in [1.165, 1.54) is 19.3 Å². The van der Waals surface area contributed by atoms with Crippen LogP contribution in [0.1, 0.15) is 24.3 Å². The number of carbonyl (C=O) groups excluding carboxylic acids is 4. The number of halogens is 1. The Morgan fingerprint density at radius 2 is 1.88 bits per heavy atom. The van der Waals surface area contributed by atoms with Gasteiger partial charge in [0, 0.05) is 23.1 Å². The summed E-state index contributed by atoms with van der Waals surface area (Å²) in [6.45, 7) is 0. The molecule has 0 radical (unpaired) electrons. The predicted octanol–water partition coefficient (Wildman–Crippen LogP) is 2.55. The monoisotopic (exact) mass is 499 g/mol. The topological polar surface area (TPSA) is 121 Å². The number of ether oxygens (including phenoxy) is 1. The molecule has 1 saturated heterocycles. The van der Waals surface area contributed by atoms with Gasteiger partial charge in [-0.15, -0.1) is 0 Å². The van der Waals surface area contributed by atoms with Gasteiger partial charge in [-0.25, -0.2) is 0 Å². The van der Waals surface area contributed by atoms with Crippen molar-refractivity contribution in [2.24, 2.45) is 17.8 Å². The smallest absolute Gasteiger partial charge is 0.257 e. The Morgan fingerprint density at radius 1 is 1.12 bits per heavy atom. The summed E-state index contributed by atoms with van der Waals surface area (Å²) in [7, 11) is 1.42. The lowest BCUT2D eigenvalue weighted by Gasteiger charge is -2.42. The number of hydrogen-bond donors (Lipinski definition) is 2. The number of rotatable bonds is 2. The van der Waals surface area contributed by atoms with Crippen LogP contribution >= 0.6 is 15.9 Å². The van der Waals surface area contributed by atoms with Crippen molar-refractivity contribution in [1.82, 2.24) is 5.06 Å². The molecule has 8 nitrogen and oxygen atoms in total. The van der Waals surface area contributed by atoms with Gasteiger partial charge in [0.2, 0.25) is 0 Å². The zero-order chi connectivity index (χ0) is 22.9. The number of hydroxylamine groups is 2. The summed E-state index contributed by atoms with van der Waals surface area (Å²) in [6, 6.07) is 4.75. The Labute approximate surface area is 190 Å². The van der Waals surface area contributed by atoms with Crippen molar-refractivity contribution in [2.75, 3.05) is 7.11 Å². The summed E-state index contributed by atoms with van der Waals surface area (Å²) in [5.74, 6) is -4.62. The lowest BCUT2D eigenvalue weighted by Crippen LogP contribution is -2.39. The first-order valence-electron chi connectivity index (χ1n) is 10.1. The maximum absolute atomic E-state index is 13.0. The summed E-state index contributed by atoms with van der Waals surface area (Å²) in [5.41, 5.74) is 1.89. The Kier molecular flexibility index (Phi) is 4.72. The van der Waals surface area contributed by atoms with Gasteiger partial charge in [0.1, 0.15) is 0 Å². The normalized spacial score (nSPS) is 29.4. The van der Waals surface area contributed by atoms with E-state index in [2.05, 4.69) is 15.9 Å². The Balaban J connectivity index is 1.71. The maximum Gasteiger partial charge on any atom is 0.257 e. The molecule has 0 bridgehead atoms. The first-order valence-corrected chi connectivity index (χ1v) is 10.9. The van der Waals surface area contributed by atoms with Crippen molar-refractivity contribution >= 4 is 39.3 Å². The van der Waals surface area contributed by atoms with Crippen molar-refractivity contribution in [1.29, 1.82) is 0 Å². The molecule has 32 heavy (non-hydrogen) atoms. The van der Waals surface area contributed by atoms with Gasteiger partial charge < -0.3 is 9.84 Å². The number of imide groups is 1. The van der Waals surface area contributed by atoms with Crippen LogP contribution in [0.2, 0.25) is 0 Å². The summed E-state index contributed by atoms with van der Waals surface area (Å²) < 4.78 is 5.25. The van der Waals surface area contributed by atoms with Crippen LogP contribution in [-0.2, 0) is 19.2 Å². The molecule has 4 atom stereocenters. The molecule has 4 aliphatic rings. The Hall–Kier alpha value is -3.04. The second-order valence-electron chi connectivity index (χ2n) is 8.31. The lowest BCUT2D eigenvalue weighted by molar-refractivity contribution is -0.173. The van der Waals surface area contributed by atoms with E-state index in [9.17, 15) is 29.5 Å². The van der Waals surface area contributed by atoms with Crippen molar-refractivity contribution < 1.29 is 34.2 Å². The van der Waals surface area contributed by atoms with Crippen LogP contribution in [0.5, 0.6) is 11.5 Å². The lowest BCUT2D eigenvalue weighted by atomic mass is 9.59. The van der Waals surface area contributed by atoms with Crippen LogP contribution in [0, 0.1) is 17.8 Å². The van der Waals surface area contributed by atoms with E-state index in [0.29, 0.717) is 11.1 Å². The van der Waals surface area contributed by atoms with Crippen molar-refractivity contribution in [3.63, 3.8) is 0 Å². The zero-order valence-corrected chi connectivity index (χ0v) is 18.5. The molecular weight excluding hydrogens is 482 g/mol. The molecule has 0 saturated carbocycles. The van der Waals surface area contributed by atoms with Crippen LogP contribution in [-0.4, -0.2) is 45.9 Å². The second-order valence-corrected chi connectivity index (χ2v) is 9.17. The average Bonchev–Trinajstić information content (AvgIpc) is 3.00. The number of methoxy groups -OCH3 is 1. The minimum absolute atomic E-state index is 0.112.